The maximum absolute atomic E-state index is 12.6. The standard InChI is InChI=1S/C13H14F3NO3/c1-12(8-18)7-17(11(19)20-12)6-9-3-2-4-10(5-9)13(14,15)16/h2-5,18H,6-8H2,1H3. The molecule has 1 aliphatic heterocycles. The lowest BCUT2D eigenvalue weighted by atomic mass is 10.1. The lowest BCUT2D eigenvalue weighted by Gasteiger charge is -2.18. The van der Waals surface area contributed by atoms with Gasteiger partial charge < -0.3 is 9.84 Å². The van der Waals surface area contributed by atoms with E-state index in [9.17, 15) is 18.0 Å². The third kappa shape index (κ3) is 3.04. The summed E-state index contributed by atoms with van der Waals surface area (Å²) in [4.78, 5) is 12.9. The van der Waals surface area contributed by atoms with Gasteiger partial charge in [0.15, 0.2) is 5.60 Å². The minimum absolute atomic E-state index is 0.0122. The first kappa shape index (κ1) is 14.6. The third-order valence-corrected chi connectivity index (χ3v) is 3.08. The molecule has 20 heavy (non-hydrogen) atoms. The molecular formula is C13H14F3NO3. The summed E-state index contributed by atoms with van der Waals surface area (Å²) >= 11 is 0. The molecule has 1 unspecified atom stereocenters. The van der Waals surface area contributed by atoms with Crippen LogP contribution in [0.25, 0.3) is 0 Å². The van der Waals surface area contributed by atoms with Crippen molar-refractivity contribution in [2.45, 2.75) is 25.2 Å². The van der Waals surface area contributed by atoms with E-state index in [1.165, 1.54) is 17.0 Å². The van der Waals surface area contributed by atoms with Crippen LogP contribution in [0.4, 0.5) is 18.0 Å². The normalized spacial score (nSPS) is 23.1. The van der Waals surface area contributed by atoms with E-state index in [0.29, 0.717) is 5.56 Å². The number of ether oxygens (including phenoxy) is 1. The minimum Gasteiger partial charge on any atom is -0.439 e. The fourth-order valence-electron chi connectivity index (χ4n) is 2.05. The van der Waals surface area contributed by atoms with Gasteiger partial charge in [-0.05, 0) is 24.6 Å². The van der Waals surface area contributed by atoms with Crippen LogP contribution in [0.15, 0.2) is 24.3 Å². The molecule has 1 amide bonds. The van der Waals surface area contributed by atoms with Gasteiger partial charge in [-0.3, -0.25) is 4.90 Å². The Morgan fingerprint density at radius 1 is 1.45 bits per heavy atom. The largest absolute Gasteiger partial charge is 0.439 e. The zero-order chi connectivity index (χ0) is 15.0. The maximum atomic E-state index is 12.6. The van der Waals surface area contributed by atoms with Gasteiger partial charge in [-0.2, -0.15) is 13.2 Å². The van der Waals surface area contributed by atoms with E-state index in [1.54, 1.807) is 6.92 Å². The van der Waals surface area contributed by atoms with Crippen LogP contribution in [-0.2, 0) is 17.5 Å². The molecule has 1 atom stereocenters. The van der Waals surface area contributed by atoms with Crippen LogP contribution in [0, 0.1) is 0 Å². The summed E-state index contributed by atoms with van der Waals surface area (Å²) < 4.78 is 42.8. The Labute approximate surface area is 113 Å². The lowest BCUT2D eigenvalue weighted by molar-refractivity contribution is -0.137. The van der Waals surface area contributed by atoms with Crippen LogP contribution in [-0.4, -0.2) is 34.9 Å². The maximum Gasteiger partial charge on any atom is 0.416 e. The molecule has 1 saturated heterocycles. The highest BCUT2D eigenvalue weighted by atomic mass is 19.4. The van der Waals surface area contributed by atoms with Gasteiger partial charge >= 0.3 is 12.3 Å². The van der Waals surface area contributed by atoms with Crippen molar-refractivity contribution >= 4 is 6.09 Å². The highest BCUT2D eigenvalue weighted by molar-refractivity contribution is 5.70. The second-order valence-electron chi connectivity index (χ2n) is 5.03. The first-order chi connectivity index (χ1) is 9.23. The van der Waals surface area contributed by atoms with E-state index in [-0.39, 0.29) is 19.7 Å². The van der Waals surface area contributed by atoms with E-state index in [2.05, 4.69) is 0 Å². The van der Waals surface area contributed by atoms with Crippen LogP contribution < -0.4 is 0 Å². The van der Waals surface area contributed by atoms with Crippen molar-refractivity contribution in [2.75, 3.05) is 13.2 Å². The van der Waals surface area contributed by atoms with Gasteiger partial charge in [-0.25, -0.2) is 4.79 Å². The van der Waals surface area contributed by atoms with Gasteiger partial charge in [0.25, 0.3) is 0 Å². The first-order valence-electron chi connectivity index (χ1n) is 5.98. The van der Waals surface area contributed by atoms with Crippen molar-refractivity contribution in [1.29, 1.82) is 0 Å². The van der Waals surface area contributed by atoms with Crippen molar-refractivity contribution in [1.82, 2.24) is 4.90 Å². The number of benzene rings is 1. The zero-order valence-electron chi connectivity index (χ0n) is 10.8. The summed E-state index contributed by atoms with van der Waals surface area (Å²) in [7, 11) is 0. The number of hydrogen-bond donors (Lipinski definition) is 1. The topological polar surface area (TPSA) is 49.8 Å². The van der Waals surface area contributed by atoms with Crippen LogP contribution >= 0.6 is 0 Å². The third-order valence-electron chi connectivity index (χ3n) is 3.08. The smallest absolute Gasteiger partial charge is 0.416 e. The number of aliphatic hydroxyl groups excluding tert-OH is 1. The molecule has 1 aromatic rings. The second-order valence-corrected chi connectivity index (χ2v) is 5.03. The number of aliphatic hydroxyl groups is 1. The Bertz CT molecular complexity index is 518. The van der Waals surface area contributed by atoms with E-state index < -0.39 is 23.4 Å². The van der Waals surface area contributed by atoms with Crippen molar-refractivity contribution in [3.63, 3.8) is 0 Å². The predicted molar refractivity (Wildman–Crippen MR) is 63.8 cm³/mol. The molecule has 0 aromatic heterocycles. The Hall–Kier alpha value is -1.76. The van der Waals surface area contributed by atoms with Gasteiger partial charge in [0.2, 0.25) is 0 Å². The summed E-state index contributed by atoms with van der Waals surface area (Å²) in [6.07, 6.45) is -5.06. The SMILES string of the molecule is CC1(CO)CN(Cc2cccc(C(F)(F)F)c2)C(=O)O1. The number of carbonyl (C=O) groups is 1. The van der Waals surface area contributed by atoms with Crippen LogP contribution in [0.5, 0.6) is 0 Å². The zero-order valence-corrected chi connectivity index (χ0v) is 10.8. The van der Waals surface area contributed by atoms with E-state index in [1.807, 2.05) is 0 Å². The Morgan fingerprint density at radius 3 is 2.70 bits per heavy atom. The predicted octanol–water partition coefficient (Wildman–Crippen LogP) is 2.41. The highest BCUT2D eigenvalue weighted by Gasteiger charge is 2.41. The van der Waals surface area contributed by atoms with Crippen molar-refractivity contribution in [3.8, 4) is 0 Å². The van der Waals surface area contributed by atoms with E-state index >= 15 is 0 Å². The summed E-state index contributed by atoms with van der Waals surface area (Å²) in [5.74, 6) is 0. The number of carbonyl (C=O) groups excluding carboxylic acids is 1. The molecule has 110 valence electrons. The van der Waals surface area contributed by atoms with Gasteiger partial charge in [0.1, 0.15) is 0 Å². The fraction of sp³-hybridized carbons (Fsp3) is 0.462. The molecule has 0 bridgehead atoms. The van der Waals surface area contributed by atoms with Crippen molar-refractivity contribution in [3.05, 3.63) is 35.4 Å². The summed E-state index contributed by atoms with van der Waals surface area (Å²) in [5.41, 5.74) is -1.40. The van der Waals surface area contributed by atoms with E-state index in [0.717, 1.165) is 12.1 Å². The molecule has 0 spiro atoms. The number of hydrogen-bond acceptors (Lipinski definition) is 3. The molecule has 0 radical (unpaired) electrons. The molecule has 4 nitrogen and oxygen atoms in total. The quantitative estimate of drug-likeness (QED) is 0.929. The number of rotatable bonds is 3. The summed E-state index contributed by atoms with van der Waals surface area (Å²) in [6.45, 7) is 1.38. The monoisotopic (exact) mass is 289 g/mol. The average Bonchev–Trinajstić information content (AvgIpc) is 2.65. The summed E-state index contributed by atoms with van der Waals surface area (Å²) in [6, 6.07) is 4.79. The molecule has 1 aromatic carbocycles. The fourth-order valence-corrected chi connectivity index (χ4v) is 2.05. The number of amides is 1. The Balaban J connectivity index is 2.13. The summed E-state index contributed by atoms with van der Waals surface area (Å²) in [5, 5.41) is 9.13. The van der Waals surface area contributed by atoms with Crippen molar-refractivity contribution in [2.24, 2.45) is 0 Å². The highest BCUT2D eigenvalue weighted by Crippen LogP contribution is 2.30. The first-order valence-corrected chi connectivity index (χ1v) is 5.98. The Kier molecular flexibility index (Phi) is 3.64. The molecule has 1 N–H and O–H groups in total. The van der Waals surface area contributed by atoms with Gasteiger partial charge in [0.05, 0.1) is 18.7 Å². The molecule has 1 fully saturated rings. The number of alkyl halides is 3. The molecule has 1 heterocycles. The van der Waals surface area contributed by atoms with Gasteiger partial charge in [-0.1, -0.05) is 12.1 Å². The second kappa shape index (κ2) is 4.97. The van der Waals surface area contributed by atoms with Crippen molar-refractivity contribution < 1.29 is 27.8 Å². The van der Waals surface area contributed by atoms with Gasteiger partial charge in [-0.15, -0.1) is 0 Å². The van der Waals surface area contributed by atoms with Crippen LogP contribution in [0.2, 0.25) is 0 Å². The minimum atomic E-state index is -4.42. The molecule has 1 aliphatic rings. The van der Waals surface area contributed by atoms with Crippen LogP contribution in [0.1, 0.15) is 18.1 Å². The molecule has 0 aliphatic carbocycles. The van der Waals surface area contributed by atoms with Gasteiger partial charge in [0, 0.05) is 6.54 Å². The molecule has 7 heteroatoms. The number of nitrogens with zero attached hydrogens (tertiary/aromatic N) is 1. The molecule has 0 saturated carbocycles. The Morgan fingerprint density at radius 2 is 2.15 bits per heavy atom. The lowest BCUT2D eigenvalue weighted by Crippen LogP contribution is -2.34. The number of cyclic esters (lactones) is 1. The molecular weight excluding hydrogens is 275 g/mol. The van der Waals surface area contributed by atoms with Crippen LogP contribution in [0.3, 0.4) is 0 Å². The van der Waals surface area contributed by atoms with E-state index in [4.69, 9.17) is 9.84 Å². The average molecular weight is 289 g/mol. The molecule has 2 rings (SSSR count). The number of halogens is 3.